The summed E-state index contributed by atoms with van der Waals surface area (Å²) >= 11 is 0. The van der Waals surface area contributed by atoms with Gasteiger partial charge in [-0.3, -0.25) is 58.3 Å². The first kappa shape index (κ1) is 76.2. The van der Waals surface area contributed by atoms with Gasteiger partial charge >= 0.3 is 5.97 Å². The molecule has 0 aliphatic rings. The number of hydrogen-bond donors (Lipinski definition) is 20. The van der Waals surface area contributed by atoms with Gasteiger partial charge in [-0.25, -0.2) is 4.79 Å². The molecule has 8 amide bonds. The summed E-state index contributed by atoms with van der Waals surface area (Å²) < 4.78 is 0. The fraction of sp³-hybridized carbons (Fsp3) is 0.745. The van der Waals surface area contributed by atoms with Gasteiger partial charge in [0.25, 0.3) is 0 Å². The highest BCUT2D eigenvalue weighted by atomic mass is 16.4. The maximum atomic E-state index is 14.3. The minimum absolute atomic E-state index is 0.00919. The molecule has 0 aromatic rings. The molecule has 0 saturated heterocycles. The van der Waals surface area contributed by atoms with E-state index in [-0.39, 0.29) is 145 Å². The van der Waals surface area contributed by atoms with Crippen LogP contribution >= 0.6 is 0 Å². The lowest BCUT2D eigenvalue weighted by Crippen LogP contribution is -2.62. The van der Waals surface area contributed by atoms with Gasteiger partial charge in [0.15, 0.2) is 23.8 Å². The molecule has 84 heavy (non-hydrogen) atoms. The highest BCUT2D eigenvalue weighted by Gasteiger charge is 2.36. The number of nitrogens with one attached hydrogen (secondary N) is 8. The van der Waals surface area contributed by atoms with Crippen molar-refractivity contribution in [1.82, 2.24) is 42.5 Å². The molecule has 0 aliphatic carbocycles. The third-order valence-electron chi connectivity index (χ3n) is 12.6. The van der Waals surface area contributed by atoms with Crippen molar-refractivity contribution in [3.8, 4) is 0 Å². The Morgan fingerprint density at radius 3 is 0.952 bits per heavy atom. The number of aliphatic imine (C=N–C) groups is 4. The number of unbranched alkanes of at least 4 members (excludes halogenated alkanes) is 1. The molecular formula is C51H100N22O11. The van der Waals surface area contributed by atoms with Crippen LogP contribution in [0.15, 0.2) is 20.0 Å². The van der Waals surface area contributed by atoms with E-state index in [2.05, 4.69) is 62.5 Å². The SMILES string of the molecule is CC(C)CC(NC(=O)C(CC(C)C)NC(=O)C(CCCN=C(N)N)NC(=O)C(NC(=O)C(CCCN=C(N)N)NC(=O)C(CCCCN)NC(=O)C(CCCN=C(N)N)NC(=O)C(N)C(C)C)C(C)O)C(=O)NC(CCCN=C(N)N)C(=O)O. The number of nitrogens with two attached hydrogens (primary N) is 10. The Balaban J connectivity index is 7.07. The molecule has 0 spiro atoms. The van der Waals surface area contributed by atoms with Gasteiger partial charge in [-0.15, -0.1) is 0 Å². The monoisotopic (exact) mass is 1200 g/mol. The molecule has 0 aliphatic heterocycles. The average molecular weight is 1200 g/mol. The number of carbonyl (C=O) groups is 9. The number of amides is 8. The lowest BCUT2D eigenvalue weighted by molar-refractivity contribution is -0.142. The van der Waals surface area contributed by atoms with Crippen molar-refractivity contribution in [1.29, 1.82) is 0 Å². The molecule has 0 aromatic heterocycles. The second-order valence-corrected chi connectivity index (χ2v) is 21.6. The first-order valence-electron chi connectivity index (χ1n) is 28.3. The third kappa shape index (κ3) is 33.3. The Bertz CT molecular complexity index is 2210. The van der Waals surface area contributed by atoms with Crippen LogP contribution in [-0.2, 0) is 43.2 Å². The molecule has 30 N–H and O–H groups in total. The summed E-state index contributed by atoms with van der Waals surface area (Å²) in [5.74, 6) is -9.72. The molecule has 10 atom stereocenters. The van der Waals surface area contributed by atoms with Crippen molar-refractivity contribution >= 4 is 77.1 Å². The van der Waals surface area contributed by atoms with Crippen molar-refractivity contribution < 1.29 is 53.4 Å². The van der Waals surface area contributed by atoms with Crippen LogP contribution < -0.4 is 99.9 Å². The van der Waals surface area contributed by atoms with E-state index >= 15 is 0 Å². The summed E-state index contributed by atoms with van der Waals surface area (Å²) in [6.45, 7) is 12.2. The number of carbonyl (C=O) groups excluding carboxylic acids is 8. The number of aliphatic hydroxyl groups is 1. The van der Waals surface area contributed by atoms with Gasteiger partial charge in [-0.1, -0.05) is 41.5 Å². The quantitative estimate of drug-likeness (QED) is 0.0153. The second kappa shape index (κ2) is 41.2. The van der Waals surface area contributed by atoms with E-state index in [1.54, 1.807) is 41.5 Å². The zero-order valence-corrected chi connectivity index (χ0v) is 49.9. The summed E-state index contributed by atoms with van der Waals surface area (Å²) in [6.07, 6.45) is -0.469. The Hall–Kier alpha value is -7.81. The predicted molar refractivity (Wildman–Crippen MR) is 319 cm³/mol. The van der Waals surface area contributed by atoms with Crippen molar-refractivity contribution in [3.05, 3.63) is 0 Å². The van der Waals surface area contributed by atoms with Crippen molar-refractivity contribution in [2.75, 3.05) is 32.7 Å². The minimum atomic E-state index is -1.80. The van der Waals surface area contributed by atoms with E-state index < -0.39 is 114 Å². The van der Waals surface area contributed by atoms with Crippen LogP contribution in [0.5, 0.6) is 0 Å². The van der Waals surface area contributed by atoms with Gasteiger partial charge in [0.2, 0.25) is 47.3 Å². The standard InChI is InChI=1S/C51H100N22O11/c1-26(2)24-35(43(79)70-34(47(83)84)18-13-23-65-51(60)61)72-44(80)36(25-27(3)4)71-41(77)32(16-11-21-63-49(56)57)69-46(82)38(29(7)74)73-42(78)33(17-12-22-64-50(58)59)67-39(75)30(14-8-9-19-52)66-40(76)31(15-10-20-62-48(54)55)68-45(81)37(53)28(5)6/h26-38,74H,8-25,52-53H2,1-7H3,(H,66,76)(H,67,75)(H,68,81)(H,69,82)(H,70,79)(H,71,77)(H,72,80)(H,73,78)(H,83,84)(H4,54,55,62)(H4,56,57,63)(H4,58,59,64)(H4,60,61,65). The first-order chi connectivity index (χ1) is 39.3. The predicted octanol–water partition coefficient (Wildman–Crippen LogP) is -6.25. The van der Waals surface area contributed by atoms with E-state index in [0.717, 1.165) is 0 Å². The lowest BCUT2D eigenvalue weighted by Gasteiger charge is -2.29. The van der Waals surface area contributed by atoms with Gasteiger partial charge in [0.1, 0.15) is 48.3 Å². The van der Waals surface area contributed by atoms with Crippen LogP contribution in [0.4, 0.5) is 0 Å². The molecule has 480 valence electrons. The summed E-state index contributed by atoms with van der Waals surface area (Å²) in [5, 5.41) is 41.7. The number of guanidine groups is 4. The molecule has 33 nitrogen and oxygen atoms in total. The number of aliphatic carboxylic acids is 1. The number of nitrogens with zero attached hydrogens (tertiary/aromatic N) is 4. The summed E-state index contributed by atoms with van der Waals surface area (Å²) in [5.41, 5.74) is 55.6. The maximum absolute atomic E-state index is 14.3. The molecule has 10 unspecified atom stereocenters. The number of rotatable bonds is 43. The van der Waals surface area contributed by atoms with Gasteiger partial charge < -0.3 is 110 Å². The molecular weight excluding hydrogens is 1100 g/mol. The first-order valence-corrected chi connectivity index (χ1v) is 28.3. The topological polar surface area (TPSA) is 600 Å². The molecule has 0 fully saturated rings. The Morgan fingerprint density at radius 1 is 0.381 bits per heavy atom. The number of carboxylic acids is 1. The highest BCUT2D eigenvalue weighted by molar-refractivity contribution is 5.98. The summed E-state index contributed by atoms with van der Waals surface area (Å²) in [6, 6.07) is -12.2. The van der Waals surface area contributed by atoms with E-state index in [0.29, 0.717) is 12.8 Å². The van der Waals surface area contributed by atoms with E-state index in [1.807, 2.05) is 0 Å². The zero-order chi connectivity index (χ0) is 64.2. The van der Waals surface area contributed by atoms with Crippen LogP contribution in [0.1, 0.15) is 132 Å². The summed E-state index contributed by atoms with van der Waals surface area (Å²) in [4.78, 5) is 140. The second-order valence-electron chi connectivity index (χ2n) is 21.6. The molecule has 0 saturated carbocycles. The van der Waals surface area contributed by atoms with Gasteiger partial charge in [-0.05, 0) is 115 Å². The number of carboxylic acid groups (broad SMARTS) is 1. The average Bonchev–Trinajstić information content (AvgIpc) is 3.59. The smallest absolute Gasteiger partial charge is 0.326 e. The van der Waals surface area contributed by atoms with Crippen LogP contribution in [0.3, 0.4) is 0 Å². The molecule has 0 rings (SSSR count). The van der Waals surface area contributed by atoms with E-state index in [9.17, 15) is 53.4 Å². The van der Waals surface area contributed by atoms with Crippen molar-refractivity contribution in [3.63, 3.8) is 0 Å². The van der Waals surface area contributed by atoms with E-state index in [1.165, 1.54) is 6.92 Å². The van der Waals surface area contributed by atoms with Crippen LogP contribution in [0.2, 0.25) is 0 Å². The molecule has 33 heteroatoms. The van der Waals surface area contributed by atoms with Crippen molar-refractivity contribution in [2.24, 2.45) is 95.1 Å². The van der Waals surface area contributed by atoms with Crippen molar-refractivity contribution in [2.45, 2.75) is 192 Å². The van der Waals surface area contributed by atoms with Crippen LogP contribution in [0, 0.1) is 17.8 Å². The lowest BCUT2D eigenvalue weighted by atomic mass is 9.99. The molecule has 0 aromatic carbocycles. The van der Waals surface area contributed by atoms with Crippen LogP contribution in [-0.4, -0.2) is 180 Å². The normalized spacial score (nSPS) is 14.7. The third-order valence-corrected chi connectivity index (χ3v) is 12.6. The maximum Gasteiger partial charge on any atom is 0.326 e. The summed E-state index contributed by atoms with van der Waals surface area (Å²) in [7, 11) is 0. The Kier molecular flexibility index (Phi) is 37.4. The largest absolute Gasteiger partial charge is 0.480 e. The molecule has 0 bridgehead atoms. The Labute approximate surface area is 491 Å². The van der Waals surface area contributed by atoms with Gasteiger partial charge in [-0.2, -0.15) is 0 Å². The number of hydrogen-bond acceptors (Lipinski definition) is 16. The van der Waals surface area contributed by atoms with Gasteiger partial charge in [0.05, 0.1) is 12.1 Å². The number of aliphatic hydroxyl groups excluding tert-OH is 1. The zero-order valence-electron chi connectivity index (χ0n) is 49.9. The van der Waals surface area contributed by atoms with Gasteiger partial charge in [0, 0.05) is 26.2 Å². The molecule has 0 heterocycles. The Morgan fingerprint density at radius 2 is 0.655 bits per heavy atom. The van der Waals surface area contributed by atoms with E-state index in [4.69, 9.17) is 57.3 Å². The minimum Gasteiger partial charge on any atom is -0.480 e. The van der Waals surface area contributed by atoms with Crippen LogP contribution in [0.25, 0.3) is 0 Å². The highest BCUT2D eigenvalue weighted by Crippen LogP contribution is 2.13. The fourth-order valence-corrected chi connectivity index (χ4v) is 8.10. The fourth-order valence-electron chi connectivity index (χ4n) is 8.10. The molecule has 0 radical (unpaired) electrons.